The lowest BCUT2D eigenvalue weighted by molar-refractivity contribution is 0.0910. The topological polar surface area (TPSA) is 84.5 Å². The molecule has 2 aromatic rings. The Morgan fingerprint density at radius 1 is 0.974 bits per heavy atom. The van der Waals surface area contributed by atoms with Crippen LogP contribution >= 0.6 is 11.3 Å². The van der Waals surface area contributed by atoms with Crippen molar-refractivity contribution in [2.75, 3.05) is 7.11 Å². The Morgan fingerprint density at radius 3 is 2.47 bits per heavy atom. The molecule has 1 aromatic heterocycles. The van der Waals surface area contributed by atoms with Crippen LogP contribution in [0.3, 0.4) is 0 Å². The molecule has 6 rings (SSSR count). The molecule has 4 aliphatic carbocycles. The molecular weight excluding hydrogens is 516 g/mol. The summed E-state index contributed by atoms with van der Waals surface area (Å²) < 4.78 is 34.4. The van der Waals surface area contributed by atoms with Gasteiger partial charge in [0.25, 0.3) is 5.91 Å². The number of hydrogen-bond donors (Lipinski definition) is 2. The van der Waals surface area contributed by atoms with Gasteiger partial charge in [0, 0.05) is 17.6 Å². The lowest BCUT2D eigenvalue weighted by Crippen LogP contribution is -2.40. The molecule has 1 amide bonds. The molecule has 0 spiro atoms. The van der Waals surface area contributed by atoms with Crippen LogP contribution in [0.1, 0.15) is 67.3 Å². The number of rotatable bonds is 8. The molecule has 3 saturated carbocycles. The minimum absolute atomic E-state index is 0.0407. The Balaban J connectivity index is 1.12. The summed E-state index contributed by atoms with van der Waals surface area (Å²) in [6, 6.07) is 9.17. The first-order valence-corrected chi connectivity index (χ1v) is 16.2. The number of benzene rings is 1. The fraction of sp³-hybridized carbons (Fsp3) is 0.500. The quantitative estimate of drug-likeness (QED) is 0.435. The number of ether oxygens (including phenoxy) is 1. The van der Waals surface area contributed by atoms with Crippen LogP contribution < -0.4 is 14.8 Å². The molecule has 38 heavy (non-hydrogen) atoms. The normalized spacial score (nSPS) is 29.0. The van der Waals surface area contributed by atoms with Crippen LogP contribution in [0.2, 0.25) is 0 Å². The standard InChI is InChI=1S/C30H36N2O4S2/c1-36-27-5-2-4-26(29(27)21-11-9-20(10-12-21)19-7-8-19)30(33)31-24-14-13-22-16-25(18-23(22)17-24)32-38(34,35)28-6-3-15-37-28/h2-6,9,11-12,15,19-20,22-25,32H,7-8,10,13-14,16-18H2,1H3,(H,31,33)/t20?,22-,23?,24?,25?/m0/s1. The summed E-state index contributed by atoms with van der Waals surface area (Å²) in [6.07, 6.45) is 14.9. The van der Waals surface area contributed by atoms with E-state index < -0.39 is 10.0 Å². The molecule has 0 saturated heterocycles. The molecule has 0 bridgehead atoms. The highest BCUT2D eigenvalue weighted by Crippen LogP contribution is 2.44. The van der Waals surface area contributed by atoms with Crippen molar-refractivity contribution in [3.8, 4) is 5.75 Å². The van der Waals surface area contributed by atoms with Crippen molar-refractivity contribution < 1.29 is 17.9 Å². The van der Waals surface area contributed by atoms with Crippen molar-refractivity contribution in [1.29, 1.82) is 0 Å². The highest BCUT2D eigenvalue weighted by Gasteiger charge is 2.40. The maximum Gasteiger partial charge on any atom is 0.252 e. The van der Waals surface area contributed by atoms with Crippen LogP contribution in [0.25, 0.3) is 5.57 Å². The lowest BCUT2D eigenvalue weighted by atomic mass is 9.79. The van der Waals surface area contributed by atoms with Crippen LogP contribution in [-0.2, 0) is 10.0 Å². The fourth-order valence-corrected chi connectivity index (χ4v) is 9.09. The van der Waals surface area contributed by atoms with Gasteiger partial charge < -0.3 is 10.1 Å². The van der Waals surface area contributed by atoms with Gasteiger partial charge in [0.2, 0.25) is 10.0 Å². The molecule has 0 aliphatic heterocycles. The van der Waals surface area contributed by atoms with Gasteiger partial charge in [0.1, 0.15) is 9.96 Å². The third-order valence-electron chi connectivity index (χ3n) is 8.87. The summed E-state index contributed by atoms with van der Waals surface area (Å²) in [5.74, 6) is 3.01. The van der Waals surface area contributed by atoms with Crippen molar-refractivity contribution in [3.05, 3.63) is 65.1 Å². The minimum atomic E-state index is -3.46. The van der Waals surface area contributed by atoms with E-state index in [0.29, 0.717) is 27.5 Å². The zero-order valence-corrected chi connectivity index (χ0v) is 23.4. The monoisotopic (exact) mass is 552 g/mol. The number of hydrogen-bond acceptors (Lipinski definition) is 5. The van der Waals surface area contributed by atoms with Crippen LogP contribution in [0.15, 0.2) is 58.1 Å². The number of amides is 1. The van der Waals surface area contributed by atoms with Crippen molar-refractivity contribution in [2.45, 2.75) is 67.7 Å². The van der Waals surface area contributed by atoms with Crippen molar-refractivity contribution in [2.24, 2.45) is 23.7 Å². The van der Waals surface area contributed by atoms with E-state index >= 15 is 0 Å². The first kappa shape index (κ1) is 25.8. The van der Waals surface area contributed by atoms with Crippen molar-refractivity contribution in [3.63, 3.8) is 0 Å². The predicted octanol–water partition coefficient (Wildman–Crippen LogP) is 5.78. The maximum absolute atomic E-state index is 13.6. The number of nitrogens with one attached hydrogen (secondary N) is 2. The van der Waals surface area contributed by atoms with Crippen molar-refractivity contribution in [1.82, 2.24) is 10.0 Å². The first-order valence-electron chi connectivity index (χ1n) is 13.8. The van der Waals surface area contributed by atoms with Crippen LogP contribution in [0.4, 0.5) is 0 Å². The van der Waals surface area contributed by atoms with Crippen LogP contribution in [-0.4, -0.2) is 33.5 Å². The van der Waals surface area contributed by atoms with Gasteiger partial charge in [-0.3, -0.25) is 4.79 Å². The molecule has 4 unspecified atom stereocenters. The van der Waals surface area contributed by atoms with E-state index in [9.17, 15) is 13.2 Å². The van der Waals surface area contributed by atoms with Gasteiger partial charge >= 0.3 is 0 Å². The van der Waals surface area contributed by atoms with Crippen LogP contribution in [0, 0.1) is 23.7 Å². The van der Waals surface area contributed by atoms with Gasteiger partial charge in [-0.2, -0.15) is 0 Å². The highest BCUT2D eigenvalue weighted by molar-refractivity contribution is 7.91. The van der Waals surface area contributed by atoms with E-state index in [1.54, 1.807) is 24.6 Å². The highest BCUT2D eigenvalue weighted by atomic mass is 32.2. The number of thiophene rings is 1. The van der Waals surface area contributed by atoms with E-state index in [2.05, 4.69) is 28.3 Å². The SMILES string of the molecule is COc1cccc(C(=O)NC2CC[C@H]3CC(NS(=O)(=O)c4cccs4)CC3C2)c1C1=CCC(C2CC2)C=C1. The Bertz CT molecular complexity index is 1340. The Kier molecular flexibility index (Phi) is 7.22. The summed E-state index contributed by atoms with van der Waals surface area (Å²) >= 11 is 1.25. The van der Waals surface area contributed by atoms with Gasteiger partial charge in [0.15, 0.2) is 0 Å². The second-order valence-electron chi connectivity index (χ2n) is 11.4. The van der Waals surface area contributed by atoms with E-state index in [1.807, 2.05) is 18.2 Å². The Hall–Kier alpha value is -2.42. The predicted molar refractivity (Wildman–Crippen MR) is 151 cm³/mol. The van der Waals surface area contributed by atoms with Gasteiger partial charge in [-0.1, -0.05) is 30.4 Å². The summed E-state index contributed by atoms with van der Waals surface area (Å²) in [4.78, 5) is 13.6. The molecule has 202 valence electrons. The van der Waals surface area contributed by atoms with E-state index in [0.717, 1.165) is 61.3 Å². The third kappa shape index (κ3) is 5.36. The number of sulfonamides is 1. The average Bonchev–Trinajstić information content (AvgIpc) is 3.45. The van der Waals surface area contributed by atoms with Gasteiger partial charge in [-0.05, 0) is 104 Å². The number of carbonyl (C=O) groups excluding carboxylic acids is 1. The zero-order valence-electron chi connectivity index (χ0n) is 21.8. The molecule has 3 fully saturated rings. The largest absolute Gasteiger partial charge is 0.496 e. The smallest absolute Gasteiger partial charge is 0.252 e. The second-order valence-corrected chi connectivity index (χ2v) is 14.3. The first-order chi connectivity index (χ1) is 18.4. The molecule has 2 N–H and O–H groups in total. The van der Waals surface area contributed by atoms with Gasteiger partial charge in [-0.15, -0.1) is 11.3 Å². The molecule has 0 radical (unpaired) electrons. The summed E-state index contributed by atoms with van der Waals surface area (Å²) in [7, 11) is -1.80. The van der Waals surface area contributed by atoms with Gasteiger partial charge in [-0.25, -0.2) is 13.1 Å². The Morgan fingerprint density at radius 2 is 1.76 bits per heavy atom. The van der Waals surface area contributed by atoms with Crippen molar-refractivity contribution >= 4 is 32.8 Å². The number of allylic oxidation sites excluding steroid dienone is 4. The number of carbonyl (C=O) groups is 1. The maximum atomic E-state index is 13.6. The number of methoxy groups -OCH3 is 1. The number of fused-ring (bicyclic) bond motifs is 1. The van der Waals surface area contributed by atoms with E-state index in [-0.39, 0.29) is 18.0 Å². The summed E-state index contributed by atoms with van der Waals surface area (Å²) in [5, 5.41) is 5.11. The molecule has 5 atom stereocenters. The van der Waals surface area contributed by atoms with Crippen LogP contribution in [0.5, 0.6) is 5.75 Å². The summed E-state index contributed by atoms with van der Waals surface area (Å²) in [5.41, 5.74) is 2.58. The fourth-order valence-electron chi connectivity index (χ4n) is 6.82. The zero-order chi connectivity index (χ0) is 26.3. The minimum Gasteiger partial charge on any atom is -0.496 e. The third-order valence-corrected chi connectivity index (χ3v) is 11.8. The molecule has 6 nitrogen and oxygen atoms in total. The van der Waals surface area contributed by atoms with E-state index in [4.69, 9.17) is 4.74 Å². The van der Waals surface area contributed by atoms with E-state index in [1.165, 1.54) is 24.2 Å². The second kappa shape index (κ2) is 10.6. The molecule has 1 heterocycles. The Labute approximate surface area is 229 Å². The lowest BCUT2D eigenvalue weighted by Gasteiger charge is -2.32. The van der Waals surface area contributed by atoms with Gasteiger partial charge in [0.05, 0.1) is 12.7 Å². The molecule has 8 heteroatoms. The molecule has 4 aliphatic rings. The molecular formula is C30H36N2O4S2. The molecule has 1 aromatic carbocycles. The average molecular weight is 553 g/mol. The summed E-state index contributed by atoms with van der Waals surface area (Å²) in [6.45, 7) is 0.